The van der Waals surface area contributed by atoms with Crippen LogP contribution in [0, 0.1) is 0 Å². The van der Waals surface area contributed by atoms with Gasteiger partial charge in [-0.3, -0.25) is 14.4 Å². The van der Waals surface area contributed by atoms with Gasteiger partial charge < -0.3 is 14.2 Å². The van der Waals surface area contributed by atoms with Crippen LogP contribution in [0.25, 0.3) is 0 Å². The van der Waals surface area contributed by atoms with Crippen LogP contribution in [0.3, 0.4) is 0 Å². The van der Waals surface area contributed by atoms with Gasteiger partial charge in [-0.25, -0.2) is 0 Å². The molecular weight excluding hydrogens is 781 g/mol. The molecule has 6 heteroatoms. The van der Waals surface area contributed by atoms with Crippen molar-refractivity contribution in [3.05, 3.63) is 85.1 Å². The summed E-state index contributed by atoms with van der Waals surface area (Å²) in [4.78, 5) is 37.7. The number of allylic oxidation sites excluding steroid dienone is 14. The number of carbonyl (C=O) groups is 3. The van der Waals surface area contributed by atoms with Crippen molar-refractivity contribution in [3.8, 4) is 0 Å². The molecule has 0 aromatic carbocycles. The molecule has 0 heterocycles. The van der Waals surface area contributed by atoms with Crippen LogP contribution in [0.2, 0.25) is 0 Å². The van der Waals surface area contributed by atoms with Gasteiger partial charge in [0.05, 0.1) is 0 Å². The highest BCUT2D eigenvalue weighted by molar-refractivity contribution is 5.71. The first-order valence-electron chi connectivity index (χ1n) is 26.1. The molecule has 0 radical (unpaired) electrons. The Bertz CT molecular complexity index is 1240. The van der Waals surface area contributed by atoms with E-state index in [1.807, 2.05) is 0 Å². The molecule has 0 aromatic rings. The van der Waals surface area contributed by atoms with E-state index >= 15 is 0 Å². The fraction of sp³-hybridized carbons (Fsp3) is 0.702. The molecule has 0 rings (SSSR count). The molecule has 0 saturated carbocycles. The van der Waals surface area contributed by atoms with Crippen LogP contribution in [0.1, 0.15) is 239 Å². The zero-order valence-corrected chi connectivity index (χ0v) is 41.1. The van der Waals surface area contributed by atoms with Gasteiger partial charge in [0.25, 0.3) is 0 Å². The summed E-state index contributed by atoms with van der Waals surface area (Å²) >= 11 is 0. The highest BCUT2D eigenvalue weighted by atomic mass is 16.6. The third kappa shape index (κ3) is 49.5. The summed E-state index contributed by atoms with van der Waals surface area (Å²) < 4.78 is 16.6. The summed E-state index contributed by atoms with van der Waals surface area (Å²) in [5.74, 6) is -0.937. The van der Waals surface area contributed by atoms with Gasteiger partial charge >= 0.3 is 17.9 Å². The summed E-state index contributed by atoms with van der Waals surface area (Å²) in [6, 6.07) is 0. The van der Waals surface area contributed by atoms with E-state index in [1.165, 1.54) is 77.0 Å². The normalized spacial score (nSPS) is 12.7. The molecule has 0 saturated heterocycles. The lowest BCUT2D eigenvalue weighted by molar-refractivity contribution is -0.167. The first-order valence-corrected chi connectivity index (χ1v) is 26.1. The smallest absolute Gasteiger partial charge is 0.306 e. The van der Waals surface area contributed by atoms with E-state index in [2.05, 4.69) is 106 Å². The van der Waals surface area contributed by atoms with Crippen LogP contribution in [-0.2, 0) is 28.6 Å². The number of esters is 3. The number of ether oxygens (including phenoxy) is 3. The fourth-order valence-electron chi connectivity index (χ4n) is 6.97. The number of rotatable bonds is 46. The molecule has 63 heavy (non-hydrogen) atoms. The number of hydrogen-bond donors (Lipinski definition) is 0. The number of carbonyl (C=O) groups excluding carboxylic acids is 3. The van der Waals surface area contributed by atoms with Crippen molar-refractivity contribution in [1.29, 1.82) is 0 Å². The van der Waals surface area contributed by atoms with Gasteiger partial charge in [-0.05, 0) is 96.3 Å². The highest BCUT2D eigenvalue weighted by Gasteiger charge is 2.19. The molecule has 0 fully saturated rings. The van der Waals surface area contributed by atoms with Crippen LogP contribution in [0.15, 0.2) is 85.1 Å². The Hall–Kier alpha value is -3.41. The SMILES string of the molecule is CC/C=C\C/C=C\C/C=C\C/C=C\CCCCCCC(=O)OC(COC(=O)CCCCCCC)COC(=O)CCCCCCCCCC/C=C\C/C=C\C/C=C\CCCCCCC. The van der Waals surface area contributed by atoms with Crippen LogP contribution in [-0.4, -0.2) is 37.2 Å². The standard InChI is InChI=1S/C57H96O6/c1-4-7-10-13-15-17-19-21-23-25-26-27-28-29-30-32-33-35-37-39-41-44-47-50-56(59)62-53-54(52-61-55(58)49-46-43-12-9-6-3)63-57(60)51-48-45-42-40-38-36-34-31-24-22-20-18-16-14-11-8-5-2/h8,11,16,18-19,21-22,24-26,28-29,34,36,54H,4-7,9-10,12-15,17,20,23,27,30-33,35,37-53H2,1-3H3/b11-8-,18-16-,21-19-,24-22-,26-25-,29-28-,36-34-. The minimum Gasteiger partial charge on any atom is -0.462 e. The van der Waals surface area contributed by atoms with Crippen molar-refractivity contribution in [1.82, 2.24) is 0 Å². The molecule has 0 aliphatic heterocycles. The molecular formula is C57H96O6. The molecule has 0 aromatic heterocycles. The van der Waals surface area contributed by atoms with Crippen LogP contribution in [0.5, 0.6) is 0 Å². The summed E-state index contributed by atoms with van der Waals surface area (Å²) in [6.07, 6.45) is 66.1. The summed E-state index contributed by atoms with van der Waals surface area (Å²) in [5.41, 5.74) is 0. The van der Waals surface area contributed by atoms with Gasteiger partial charge in [0.2, 0.25) is 0 Å². The second-order valence-corrected chi connectivity index (χ2v) is 17.1. The summed E-state index contributed by atoms with van der Waals surface area (Å²) in [6.45, 7) is 6.40. The maximum Gasteiger partial charge on any atom is 0.306 e. The molecule has 360 valence electrons. The van der Waals surface area contributed by atoms with Gasteiger partial charge in [-0.15, -0.1) is 0 Å². The van der Waals surface area contributed by atoms with Gasteiger partial charge in [0.15, 0.2) is 6.10 Å². The zero-order valence-electron chi connectivity index (χ0n) is 41.1. The number of unbranched alkanes of at least 4 members (excludes halogenated alkanes) is 21. The lowest BCUT2D eigenvalue weighted by atomic mass is 10.1. The monoisotopic (exact) mass is 877 g/mol. The Morgan fingerprint density at radius 3 is 0.968 bits per heavy atom. The van der Waals surface area contributed by atoms with Crippen molar-refractivity contribution in [2.24, 2.45) is 0 Å². The average Bonchev–Trinajstić information content (AvgIpc) is 3.28. The molecule has 0 spiro atoms. The van der Waals surface area contributed by atoms with Gasteiger partial charge in [-0.2, -0.15) is 0 Å². The predicted octanol–water partition coefficient (Wildman–Crippen LogP) is 17.2. The lowest BCUT2D eigenvalue weighted by Crippen LogP contribution is -2.30. The molecule has 0 aliphatic carbocycles. The van der Waals surface area contributed by atoms with E-state index in [1.54, 1.807) is 0 Å². The first-order chi connectivity index (χ1) is 31.0. The Morgan fingerprint density at radius 2 is 0.619 bits per heavy atom. The van der Waals surface area contributed by atoms with Gasteiger partial charge in [0.1, 0.15) is 13.2 Å². The van der Waals surface area contributed by atoms with Crippen molar-refractivity contribution in [2.45, 2.75) is 245 Å². The van der Waals surface area contributed by atoms with E-state index in [-0.39, 0.29) is 31.1 Å². The third-order valence-corrected chi connectivity index (χ3v) is 10.9. The van der Waals surface area contributed by atoms with Crippen molar-refractivity contribution in [3.63, 3.8) is 0 Å². The molecule has 6 nitrogen and oxygen atoms in total. The van der Waals surface area contributed by atoms with Crippen molar-refractivity contribution in [2.75, 3.05) is 13.2 Å². The van der Waals surface area contributed by atoms with Crippen LogP contribution >= 0.6 is 0 Å². The predicted molar refractivity (Wildman–Crippen MR) is 270 cm³/mol. The lowest BCUT2D eigenvalue weighted by Gasteiger charge is -2.18. The van der Waals surface area contributed by atoms with E-state index in [4.69, 9.17) is 14.2 Å². The van der Waals surface area contributed by atoms with Crippen LogP contribution < -0.4 is 0 Å². The van der Waals surface area contributed by atoms with E-state index < -0.39 is 6.10 Å². The highest BCUT2D eigenvalue weighted by Crippen LogP contribution is 2.13. The van der Waals surface area contributed by atoms with Gasteiger partial charge in [-0.1, -0.05) is 209 Å². The Kier molecular flexibility index (Phi) is 48.5. The Balaban J connectivity index is 4.20. The maximum atomic E-state index is 12.7. The summed E-state index contributed by atoms with van der Waals surface area (Å²) in [7, 11) is 0. The fourth-order valence-corrected chi connectivity index (χ4v) is 6.97. The Morgan fingerprint density at radius 1 is 0.333 bits per heavy atom. The largest absolute Gasteiger partial charge is 0.462 e. The van der Waals surface area contributed by atoms with Crippen molar-refractivity contribution < 1.29 is 28.6 Å². The molecule has 0 N–H and O–H groups in total. The molecule has 1 atom stereocenters. The molecule has 0 aliphatic rings. The van der Waals surface area contributed by atoms with E-state index in [0.717, 1.165) is 122 Å². The topological polar surface area (TPSA) is 78.9 Å². The minimum absolute atomic E-state index is 0.0905. The quantitative estimate of drug-likeness (QED) is 0.0262. The average molecular weight is 877 g/mol. The second-order valence-electron chi connectivity index (χ2n) is 17.1. The van der Waals surface area contributed by atoms with Crippen LogP contribution in [0.4, 0.5) is 0 Å². The van der Waals surface area contributed by atoms with E-state index in [9.17, 15) is 14.4 Å². The maximum absolute atomic E-state index is 12.7. The van der Waals surface area contributed by atoms with Crippen molar-refractivity contribution >= 4 is 17.9 Å². The zero-order chi connectivity index (χ0) is 45.8. The summed E-state index contributed by atoms with van der Waals surface area (Å²) in [5, 5.41) is 0. The molecule has 0 amide bonds. The number of hydrogen-bond acceptors (Lipinski definition) is 6. The third-order valence-electron chi connectivity index (χ3n) is 10.9. The Labute approximate surface area is 388 Å². The minimum atomic E-state index is -0.789. The first kappa shape index (κ1) is 59.6. The molecule has 0 bridgehead atoms. The second kappa shape index (κ2) is 51.2. The molecule has 1 unspecified atom stereocenters. The van der Waals surface area contributed by atoms with Gasteiger partial charge in [0, 0.05) is 19.3 Å². The van der Waals surface area contributed by atoms with E-state index in [0.29, 0.717) is 19.3 Å².